The van der Waals surface area contributed by atoms with Gasteiger partial charge in [0.05, 0.1) is 46.9 Å². The van der Waals surface area contributed by atoms with E-state index in [0.29, 0.717) is 13.1 Å². The monoisotopic (exact) mass is 836 g/mol. The van der Waals surface area contributed by atoms with Crippen molar-refractivity contribution in [3.63, 3.8) is 0 Å². The van der Waals surface area contributed by atoms with Crippen molar-refractivity contribution in [2.24, 2.45) is 0 Å². The minimum absolute atomic E-state index is 0.0229. The van der Waals surface area contributed by atoms with E-state index in [2.05, 4.69) is 28.6 Å². The molecule has 0 bridgehead atoms. The zero-order chi connectivity index (χ0) is 42.3. The number of benzene rings is 2. The van der Waals surface area contributed by atoms with Gasteiger partial charge in [-0.05, 0) is 95.7 Å². The van der Waals surface area contributed by atoms with Crippen LogP contribution in [-0.4, -0.2) is 95.8 Å². The van der Waals surface area contributed by atoms with E-state index in [1.807, 2.05) is 24.3 Å². The van der Waals surface area contributed by atoms with E-state index < -0.39 is 54.8 Å². The fourth-order valence-corrected chi connectivity index (χ4v) is 9.29. The van der Waals surface area contributed by atoms with Crippen LogP contribution in [0.25, 0.3) is 0 Å². The van der Waals surface area contributed by atoms with Crippen LogP contribution in [-0.2, 0) is 56.7 Å². The number of nitrogens with one attached hydrogen (secondary N) is 3. The summed E-state index contributed by atoms with van der Waals surface area (Å²) in [6, 6.07) is 13.8. The van der Waals surface area contributed by atoms with E-state index in [4.69, 9.17) is 14.2 Å². The van der Waals surface area contributed by atoms with E-state index >= 15 is 0 Å². The zero-order valence-electron chi connectivity index (χ0n) is 34.8. The summed E-state index contributed by atoms with van der Waals surface area (Å²) in [5, 5.41) is 3.03. The van der Waals surface area contributed by atoms with Crippen LogP contribution < -0.4 is 14.8 Å². The van der Waals surface area contributed by atoms with Crippen molar-refractivity contribution >= 4 is 38.1 Å². The van der Waals surface area contributed by atoms with Crippen molar-refractivity contribution in [2.45, 2.75) is 139 Å². The maximum atomic E-state index is 13.1. The van der Waals surface area contributed by atoms with E-state index in [0.717, 1.165) is 56.1 Å². The Hall–Kier alpha value is -3.57. The van der Waals surface area contributed by atoms with Crippen LogP contribution in [0.15, 0.2) is 58.3 Å². The minimum Gasteiger partial charge on any atom is -0.466 e. The van der Waals surface area contributed by atoms with Gasteiger partial charge in [0.1, 0.15) is 5.60 Å². The lowest BCUT2D eigenvalue weighted by atomic mass is 9.88. The van der Waals surface area contributed by atoms with Gasteiger partial charge in [-0.3, -0.25) is 9.59 Å². The normalized spacial score (nSPS) is 15.9. The minimum atomic E-state index is -3.90. The molecule has 2 aliphatic rings. The number of sulfonamides is 2. The lowest BCUT2D eigenvalue weighted by molar-refractivity contribution is -0.147. The molecule has 16 heteroatoms. The molecule has 3 N–H and O–H groups in total. The van der Waals surface area contributed by atoms with Gasteiger partial charge in [0.2, 0.25) is 20.0 Å². The molecule has 0 spiro atoms. The largest absolute Gasteiger partial charge is 0.466 e. The van der Waals surface area contributed by atoms with Gasteiger partial charge in [-0.15, -0.1) is 0 Å². The highest BCUT2D eigenvalue weighted by Crippen LogP contribution is 2.30. The second-order valence-corrected chi connectivity index (χ2v) is 19.2. The average Bonchev–Trinajstić information content (AvgIpc) is 3.09. The van der Waals surface area contributed by atoms with Crippen molar-refractivity contribution < 1.29 is 45.4 Å². The van der Waals surface area contributed by atoms with Crippen LogP contribution in [0.3, 0.4) is 0 Å². The number of ether oxygens (including phenoxy) is 3. The van der Waals surface area contributed by atoms with Crippen molar-refractivity contribution in [1.82, 2.24) is 19.7 Å². The van der Waals surface area contributed by atoms with Gasteiger partial charge in [0, 0.05) is 26.2 Å². The molecule has 1 amide bonds. The first-order valence-electron chi connectivity index (χ1n) is 20.1. The molecular formula is C41H64N4O10S2. The van der Waals surface area contributed by atoms with E-state index in [9.17, 15) is 31.2 Å². The van der Waals surface area contributed by atoms with E-state index in [1.54, 1.807) is 58.9 Å². The molecule has 2 heterocycles. The quantitative estimate of drug-likeness (QED) is 0.0853. The average molecular weight is 837 g/mol. The Labute approximate surface area is 340 Å². The Balaban J connectivity index is 0.000000315. The lowest BCUT2D eigenvalue weighted by Crippen LogP contribution is -2.72. The molecule has 0 aliphatic carbocycles. The number of amides is 1. The van der Waals surface area contributed by atoms with Crippen LogP contribution >= 0.6 is 0 Å². The van der Waals surface area contributed by atoms with Gasteiger partial charge in [0.15, 0.2) is 0 Å². The summed E-state index contributed by atoms with van der Waals surface area (Å²) in [7, 11) is -7.58. The van der Waals surface area contributed by atoms with Crippen LogP contribution in [0.2, 0.25) is 0 Å². The number of hydrogen-bond acceptors (Lipinski definition) is 11. The number of hydrogen-bond donors (Lipinski definition) is 3. The molecule has 2 aromatic rings. The molecule has 0 atom stereocenters. The number of carbonyl (C=O) groups is 3. The molecule has 14 nitrogen and oxygen atoms in total. The van der Waals surface area contributed by atoms with Crippen LogP contribution in [0.4, 0.5) is 4.79 Å². The van der Waals surface area contributed by atoms with Crippen LogP contribution in [0.1, 0.15) is 111 Å². The maximum absolute atomic E-state index is 13.1. The van der Waals surface area contributed by atoms with Gasteiger partial charge >= 0.3 is 18.0 Å². The molecule has 2 fully saturated rings. The Morgan fingerprint density at radius 3 is 1.42 bits per heavy atom. The van der Waals surface area contributed by atoms with Crippen LogP contribution in [0.5, 0.6) is 0 Å². The number of aryl methyl sites for hydroxylation is 2. The number of likely N-dealkylation sites (tertiary alicyclic amines) is 1. The molecular weight excluding hydrogens is 773 g/mol. The van der Waals surface area contributed by atoms with Crippen molar-refractivity contribution in [2.75, 3.05) is 39.4 Å². The number of nitrogens with zero attached hydrogens (tertiary/aromatic N) is 1. The molecule has 4 rings (SSSR count). The Bertz CT molecular complexity index is 1820. The van der Waals surface area contributed by atoms with Gasteiger partial charge < -0.3 is 24.4 Å². The molecule has 57 heavy (non-hydrogen) atoms. The zero-order valence-corrected chi connectivity index (χ0v) is 36.4. The number of rotatable bonds is 20. The Kier molecular flexibility index (Phi) is 18.0. The topological polar surface area (TPSA) is 187 Å². The van der Waals surface area contributed by atoms with Gasteiger partial charge in [-0.25, -0.2) is 31.1 Å². The third-order valence-corrected chi connectivity index (χ3v) is 12.6. The molecule has 320 valence electrons. The summed E-state index contributed by atoms with van der Waals surface area (Å²) >= 11 is 0. The fraction of sp³-hybridized carbons (Fsp3) is 0.634. The molecule has 0 radical (unpaired) electrons. The van der Waals surface area contributed by atoms with Crippen molar-refractivity contribution in [1.29, 1.82) is 0 Å². The second kappa shape index (κ2) is 21.4. The second-order valence-electron chi connectivity index (χ2n) is 15.9. The molecule has 2 saturated heterocycles. The molecule has 0 saturated carbocycles. The summed E-state index contributed by atoms with van der Waals surface area (Å²) in [4.78, 5) is 38.0. The molecule has 0 aromatic heterocycles. The van der Waals surface area contributed by atoms with Gasteiger partial charge in [-0.2, -0.15) is 0 Å². The SMILES string of the molecule is CCCCCc1ccc(S(=O)(=O)NC2(CC(=O)OCC)CN(C(=O)OC(C)(C)C)C2)cc1.CCCCCc1ccc(S(=O)(=O)NC2(CC(=O)OCC)CNC2)cc1. The Morgan fingerprint density at radius 2 is 1.07 bits per heavy atom. The highest BCUT2D eigenvalue weighted by molar-refractivity contribution is 7.89. The van der Waals surface area contributed by atoms with Crippen LogP contribution in [0, 0.1) is 0 Å². The predicted molar refractivity (Wildman–Crippen MR) is 219 cm³/mol. The van der Waals surface area contributed by atoms with E-state index in [1.165, 1.54) is 11.3 Å². The number of unbranched alkanes of at least 4 members (excludes halogenated alkanes) is 4. The molecule has 0 unspecified atom stereocenters. The third-order valence-electron chi connectivity index (χ3n) is 9.45. The number of carbonyl (C=O) groups excluding carboxylic acids is 3. The summed E-state index contributed by atoms with van der Waals surface area (Å²) in [5.74, 6) is -0.914. The summed E-state index contributed by atoms with van der Waals surface area (Å²) in [6.07, 6.45) is 7.92. The van der Waals surface area contributed by atoms with E-state index in [-0.39, 0.29) is 48.9 Å². The van der Waals surface area contributed by atoms with Crippen molar-refractivity contribution in [3.05, 3.63) is 59.7 Å². The van der Waals surface area contributed by atoms with Crippen molar-refractivity contribution in [3.8, 4) is 0 Å². The highest BCUT2D eigenvalue weighted by atomic mass is 32.2. The fourth-order valence-electron chi connectivity index (χ4n) is 6.51. The summed E-state index contributed by atoms with van der Waals surface area (Å²) in [6.45, 7) is 14.3. The maximum Gasteiger partial charge on any atom is 0.410 e. The first-order valence-corrected chi connectivity index (χ1v) is 23.0. The summed E-state index contributed by atoms with van der Waals surface area (Å²) in [5.41, 5.74) is -0.390. The predicted octanol–water partition coefficient (Wildman–Crippen LogP) is 5.63. The molecule has 2 aromatic carbocycles. The highest BCUT2D eigenvalue weighted by Gasteiger charge is 2.51. The first-order chi connectivity index (χ1) is 26.8. The number of esters is 2. The lowest BCUT2D eigenvalue weighted by Gasteiger charge is -2.49. The third kappa shape index (κ3) is 15.3. The first kappa shape index (κ1) is 47.8. The Morgan fingerprint density at radius 1 is 0.667 bits per heavy atom. The van der Waals surface area contributed by atoms with Gasteiger partial charge in [-0.1, -0.05) is 63.8 Å². The standard InChI is InChI=1S/C23H36N2O6S.C18H28N2O4S/c1-6-8-9-10-18-11-13-19(14-12-18)32(28,29)24-23(15-20(26)30-7-2)16-25(17-23)21(27)31-22(3,4)5;1-3-5-6-7-15-8-10-16(11-9-15)25(22,23)20-18(13-19-14-18)12-17(21)24-4-2/h11-14,24H,6-10,15-17H2,1-5H3;8-11,19-20H,3-7,12-14H2,1-2H3. The van der Waals surface area contributed by atoms with Gasteiger partial charge in [0.25, 0.3) is 0 Å². The molecule has 2 aliphatic heterocycles. The summed E-state index contributed by atoms with van der Waals surface area (Å²) < 4.78 is 72.1. The smallest absolute Gasteiger partial charge is 0.410 e.